The van der Waals surface area contributed by atoms with Gasteiger partial charge in [0.25, 0.3) is 0 Å². The lowest BCUT2D eigenvalue weighted by molar-refractivity contribution is -0.0517. The number of rotatable bonds is 2. The Hall–Kier alpha value is -1.45. The highest BCUT2D eigenvalue weighted by Gasteiger charge is 2.63. The summed E-state index contributed by atoms with van der Waals surface area (Å²) in [6.07, 6.45) is 0. The van der Waals surface area contributed by atoms with E-state index in [0.717, 1.165) is 0 Å². The third-order valence-corrected chi connectivity index (χ3v) is 4.81. The Kier molecular flexibility index (Phi) is 4.23. The van der Waals surface area contributed by atoms with Gasteiger partial charge in [0, 0.05) is 0 Å². The van der Waals surface area contributed by atoms with Crippen molar-refractivity contribution in [3.05, 3.63) is 0 Å². The molecule has 0 spiro atoms. The van der Waals surface area contributed by atoms with E-state index in [1.165, 1.54) is 5.11 Å². The molecule has 2 amide bonds. The molecule has 0 heterocycles. The van der Waals surface area contributed by atoms with Gasteiger partial charge in [0.15, 0.2) is 0 Å². The van der Waals surface area contributed by atoms with Gasteiger partial charge in [-0.1, -0.05) is 8.82 Å². The van der Waals surface area contributed by atoms with Crippen molar-refractivity contribution >= 4 is 26.1 Å². The molecule has 0 aromatic heterocycles. The molecule has 0 fully saturated rings. The summed E-state index contributed by atoms with van der Waals surface area (Å²) < 4.78 is 112. The van der Waals surface area contributed by atoms with E-state index in [1.54, 1.807) is 0 Å². The van der Waals surface area contributed by atoms with Crippen LogP contribution in [0, 0.1) is 5.53 Å². The van der Waals surface area contributed by atoms with Crippen molar-refractivity contribution in [3.8, 4) is 0 Å². The first-order valence-electron chi connectivity index (χ1n) is 3.45. The molecule has 0 aromatic rings. The van der Waals surface area contributed by atoms with Crippen molar-refractivity contribution in [2.45, 2.75) is 11.0 Å². The summed E-state index contributed by atoms with van der Waals surface area (Å²) in [4.78, 5) is 10.5. The second kappa shape index (κ2) is 4.58. The fraction of sp³-hybridized carbons (Fsp3) is 0.667. The van der Waals surface area contributed by atoms with E-state index >= 15 is 0 Å². The molecule has 0 rings (SSSR count). The van der Waals surface area contributed by atoms with Crippen molar-refractivity contribution in [3.63, 3.8) is 0 Å². The third-order valence-electron chi connectivity index (χ3n) is 1.27. The molecular formula is C3HF6N3O5S2. The van der Waals surface area contributed by atoms with Gasteiger partial charge >= 0.3 is 37.1 Å². The minimum absolute atomic E-state index is 1.43. The van der Waals surface area contributed by atoms with Gasteiger partial charge in [0.2, 0.25) is 0 Å². The second-order valence-electron chi connectivity index (χ2n) is 2.49. The molecule has 112 valence electrons. The molecule has 0 aliphatic rings. The highest BCUT2D eigenvalue weighted by atomic mass is 32.3. The highest BCUT2D eigenvalue weighted by molar-refractivity contribution is 8.05. The van der Waals surface area contributed by atoms with Crippen LogP contribution >= 0.6 is 0 Å². The number of nitrogens with one attached hydrogen (secondary N) is 1. The zero-order valence-corrected chi connectivity index (χ0v) is 9.65. The average molecular weight is 337 g/mol. The number of amides is 2. The van der Waals surface area contributed by atoms with E-state index in [-0.39, 0.29) is 0 Å². The number of carbonyl (C=O) groups is 1. The van der Waals surface area contributed by atoms with E-state index < -0.39 is 40.8 Å². The largest absolute Gasteiger partial charge is 0.517 e. The van der Waals surface area contributed by atoms with Crippen molar-refractivity contribution in [2.24, 2.45) is 5.11 Å². The number of halogens is 6. The minimum Gasteiger partial charge on any atom is -0.242 e. The van der Waals surface area contributed by atoms with Gasteiger partial charge in [0.1, 0.15) is 0 Å². The van der Waals surface area contributed by atoms with Crippen LogP contribution in [-0.4, -0.2) is 37.6 Å². The second-order valence-corrected chi connectivity index (χ2v) is 6.28. The van der Waals surface area contributed by atoms with Crippen LogP contribution in [0.5, 0.6) is 0 Å². The fourth-order valence-corrected chi connectivity index (χ4v) is 2.97. The molecule has 0 saturated carbocycles. The quantitative estimate of drug-likeness (QED) is 0.597. The lowest BCUT2D eigenvalue weighted by Crippen LogP contribution is -2.51. The predicted molar refractivity (Wildman–Crippen MR) is 42.3 cm³/mol. The first kappa shape index (κ1) is 17.6. The van der Waals surface area contributed by atoms with Gasteiger partial charge in [-0.25, -0.2) is 4.79 Å². The van der Waals surface area contributed by atoms with Gasteiger partial charge in [-0.2, -0.15) is 48.7 Å². The lowest BCUT2D eigenvalue weighted by Gasteiger charge is -2.21. The summed E-state index contributed by atoms with van der Waals surface area (Å²) in [5.41, 5.74) is -7.17. The molecule has 0 saturated heterocycles. The molecule has 16 heteroatoms. The Morgan fingerprint density at radius 3 is 1.32 bits per heavy atom. The number of carbonyl (C=O) groups excluding carboxylic acids is 1. The van der Waals surface area contributed by atoms with Crippen LogP contribution in [0.3, 0.4) is 0 Å². The topological polar surface area (TPSA) is 125 Å². The van der Waals surface area contributed by atoms with Gasteiger partial charge in [0.05, 0.1) is 0 Å². The molecule has 0 radical (unpaired) electrons. The van der Waals surface area contributed by atoms with Crippen LogP contribution in [-0.2, 0) is 20.0 Å². The first-order valence-corrected chi connectivity index (χ1v) is 6.33. The number of hydrogen-bond acceptors (Lipinski definition) is 6. The van der Waals surface area contributed by atoms with Crippen molar-refractivity contribution in [1.29, 1.82) is 5.53 Å². The number of hydrogen-bond donors (Lipinski definition) is 1. The molecule has 8 nitrogen and oxygen atoms in total. The maximum atomic E-state index is 12.0. The van der Waals surface area contributed by atoms with Crippen molar-refractivity contribution in [2.75, 3.05) is 0 Å². The van der Waals surface area contributed by atoms with Crippen LogP contribution in [0.4, 0.5) is 31.1 Å². The summed E-state index contributed by atoms with van der Waals surface area (Å²) >= 11 is 0. The van der Waals surface area contributed by atoms with Gasteiger partial charge < -0.3 is 0 Å². The Morgan fingerprint density at radius 2 is 1.16 bits per heavy atom. The molecule has 0 bridgehead atoms. The van der Waals surface area contributed by atoms with Gasteiger partial charge in [-0.3, -0.25) is 0 Å². The number of sulfonamides is 2. The highest BCUT2D eigenvalue weighted by Crippen LogP contribution is 2.35. The molecule has 19 heavy (non-hydrogen) atoms. The molecule has 0 aromatic carbocycles. The monoisotopic (exact) mass is 337 g/mol. The maximum Gasteiger partial charge on any atom is 0.517 e. The average Bonchev–Trinajstić information content (AvgIpc) is 2.12. The van der Waals surface area contributed by atoms with E-state index in [1.807, 2.05) is 0 Å². The molecule has 0 unspecified atom stereocenters. The van der Waals surface area contributed by atoms with E-state index in [2.05, 4.69) is 0 Å². The molecule has 1 N–H and O–H groups in total. The van der Waals surface area contributed by atoms with Gasteiger partial charge in [-0.05, 0) is 0 Å². The van der Waals surface area contributed by atoms with Crippen LogP contribution in [0.2, 0.25) is 0 Å². The first-order chi connectivity index (χ1) is 8.10. The Balaban J connectivity index is 6.38. The predicted octanol–water partition coefficient (Wildman–Crippen LogP) is 1.14. The number of urea groups is 1. The summed E-state index contributed by atoms with van der Waals surface area (Å²) in [5.74, 6) is 0. The van der Waals surface area contributed by atoms with Crippen LogP contribution in [0.15, 0.2) is 5.11 Å². The third kappa shape index (κ3) is 2.94. The van der Waals surface area contributed by atoms with Crippen LogP contribution < -0.4 is 0 Å². The zero-order valence-electron chi connectivity index (χ0n) is 8.02. The summed E-state index contributed by atoms with van der Waals surface area (Å²) in [6.45, 7) is 0. The summed E-state index contributed by atoms with van der Waals surface area (Å²) in [6, 6.07) is -3.09. The van der Waals surface area contributed by atoms with Crippen LogP contribution in [0.25, 0.3) is 0 Å². The lowest BCUT2D eigenvalue weighted by atomic mass is 11.2. The molecular weight excluding hydrogens is 336 g/mol. The van der Waals surface area contributed by atoms with E-state index in [4.69, 9.17) is 5.53 Å². The molecule has 0 aliphatic carbocycles. The zero-order chi connectivity index (χ0) is 15.9. The SMILES string of the molecule is N=NC(=O)N(S(=O)(=O)C(F)(F)F)S(=O)(=O)C(F)(F)F. The number of alkyl halides is 6. The van der Waals surface area contributed by atoms with Crippen molar-refractivity contribution in [1.82, 2.24) is 3.71 Å². The Labute approximate surface area is 100 Å². The van der Waals surface area contributed by atoms with Gasteiger partial charge in [-0.15, -0.1) is 0 Å². The standard InChI is InChI=1S/C3HF6N3O5S2/c4-2(5,6)18(14,15)12(1(13)11-10)19(16,17)3(7,8)9/h10H. The summed E-state index contributed by atoms with van der Waals surface area (Å²) in [5, 5.41) is 1.43. The minimum atomic E-state index is -7.23. The molecule has 0 atom stereocenters. The van der Waals surface area contributed by atoms with E-state index in [0.29, 0.717) is 0 Å². The normalized spacial score (nSPS) is 14.0. The van der Waals surface area contributed by atoms with Crippen molar-refractivity contribution < 1.29 is 48.0 Å². The summed E-state index contributed by atoms with van der Waals surface area (Å²) in [7, 11) is -14.5. The number of nitrogens with zero attached hydrogens (tertiary/aromatic N) is 2. The smallest absolute Gasteiger partial charge is 0.242 e. The fourth-order valence-electron chi connectivity index (χ4n) is 0.564. The Bertz CT molecular complexity index is 543. The van der Waals surface area contributed by atoms with Crippen LogP contribution in [0.1, 0.15) is 0 Å². The van der Waals surface area contributed by atoms with E-state index in [9.17, 15) is 48.0 Å². The maximum absolute atomic E-state index is 12.0. The Morgan fingerprint density at radius 1 is 0.895 bits per heavy atom. The molecule has 0 aliphatic heterocycles.